The van der Waals surface area contributed by atoms with Crippen LogP contribution in [0.3, 0.4) is 0 Å². The fourth-order valence-electron chi connectivity index (χ4n) is 2.57. The van der Waals surface area contributed by atoms with Gasteiger partial charge in [0.2, 0.25) is 5.91 Å². The third-order valence-electron chi connectivity index (χ3n) is 3.98. The highest BCUT2D eigenvalue weighted by atomic mass is 16.2. The second kappa shape index (κ2) is 6.77. The molecule has 0 aliphatic carbocycles. The lowest BCUT2D eigenvalue weighted by atomic mass is 9.98. The van der Waals surface area contributed by atoms with E-state index in [-0.39, 0.29) is 11.8 Å². The van der Waals surface area contributed by atoms with Crippen molar-refractivity contribution >= 4 is 11.7 Å². The molecule has 0 spiro atoms. The van der Waals surface area contributed by atoms with Crippen molar-refractivity contribution in [3.8, 4) is 11.3 Å². The number of aromatic nitrogens is 2. The van der Waals surface area contributed by atoms with Crippen LogP contribution in [0, 0.1) is 11.8 Å². The smallest absolute Gasteiger partial charge is 0.226 e. The molecule has 23 heavy (non-hydrogen) atoms. The SMILES string of the molecule is CC(C)CNC(=O)C1CN(c2cc(-c3ccccc3)ncn2)C1. The van der Waals surface area contributed by atoms with Crippen molar-refractivity contribution in [2.45, 2.75) is 13.8 Å². The molecule has 120 valence electrons. The van der Waals surface area contributed by atoms with Gasteiger partial charge in [0.15, 0.2) is 0 Å². The molecule has 2 heterocycles. The minimum atomic E-state index is 0.0592. The predicted molar refractivity (Wildman–Crippen MR) is 91.0 cm³/mol. The second-order valence-corrected chi connectivity index (χ2v) is 6.37. The highest BCUT2D eigenvalue weighted by Gasteiger charge is 2.33. The number of anilines is 1. The Balaban J connectivity index is 1.61. The zero-order chi connectivity index (χ0) is 16.2. The third-order valence-corrected chi connectivity index (χ3v) is 3.98. The normalized spacial score (nSPS) is 14.7. The number of carbonyl (C=O) groups is 1. The Kier molecular flexibility index (Phi) is 4.55. The summed E-state index contributed by atoms with van der Waals surface area (Å²) >= 11 is 0. The molecule has 1 saturated heterocycles. The number of benzene rings is 1. The van der Waals surface area contributed by atoms with E-state index < -0.39 is 0 Å². The fourth-order valence-corrected chi connectivity index (χ4v) is 2.57. The van der Waals surface area contributed by atoms with Crippen LogP contribution in [0.25, 0.3) is 11.3 Å². The molecule has 1 fully saturated rings. The molecule has 0 bridgehead atoms. The second-order valence-electron chi connectivity index (χ2n) is 6.37. The Bertz CT molecular complexity index is 666. The summed E-state index contributed by atoms with van der Waals surface area (Å²) in [5, 5.41) is 2.99. The first-order valence-corrected chi connectivity index (χ1v) is 8.03. The van der Waals surface area contributed by atoms with Crippen LogP contribution in [0.4, 0.5) is 5.82 Å². The van der Waals surface area contributed by atoms with Gasteiger partial charge >= 0.3 is 0 Å². The van der Waals surface area contributed by atoms with Gasteiger partial charge in [-0.1, -0.05) is 44.2 Å². The van der Waals surface area contributed by atoms with Crippen molar-refractivity contribution in [2.24, 2.45) is 11.8 Å². The van der Waals surface area contributed by atoms with Crippen LogP contribution < -0.4 is 10.2 Å². The molecule has 1 aromatic carbocycles. The maximum Gasteiger partial charge on any atom is 0.226 e. The topological polar surface area (TPSA) is 58.1 Å². The van der Waals surface area contributed by atoms with Gasteiger partial charge in [-0.05, 0) is 5.92 Å². The lowest BCUT2D eigenvalue weighted by Gasteiger charge is -2.39. The van der Waals surface area contributed by atoms with Crippen molar-refractivity contribution in [1.29, 1.82) is 0 Å². The zero-order valence-corrected chi connectivity index (χ0v) is 13.6. The molecule has 0 atom stereocenters. The molecule has 0 radical (unpaired) electrons. The zero-order valence-electron chi connectivity index (χ0n) is 13.6. The largest absolute Gasteiger partial charge is 0.355 e. The summed E-state index contributed by atoms with van der Waals surface area (Å²) in [5.41, 5.74) is 1.98. The molecule has 1 N–H and O–H groups in total. The van der Waals surface area contributed by atoms with E-state index in [0.717, 1.165) is 36.7 Å². The number of amides is 1. The minimum absolute atomic E-state index is 0.0592. The van der Waals surface area contributed by atoms with Crippen LogP contribution in [0.2, 0.25) is 0 Å². The van der Waals surface area contributed by atoms with Gasteiger partial charge in [0.25, 0.3) is 0 Å². The Hall–Kier alpha value is -2.43. The molecule has 1 aliphatic rings. The highest BCUT2D eigenvalue weighted by Crippen LogP contribution is 2.26. The van der Waals surface area contributed by atoms with Crippen LogP contribution in [-0.2, 0) is 4.79 Å². The maximum absolute atomic E-state index is 12.0. The molecule has 3 rings (SSSR count). The molecule has 2 aromatic rings. The lowest BCUT2D eigenvalue weighted by molar-refractivity contribution is -0.125. The Morgan fingerprint density at radius 3 is 2.70 bits per heavy atom. The van der Waals surface area contributed by atoms with Gasteiger partial charge in [0.05, 0.1) is 11.6 Å². The molecule has 5 nitrogen and oxygen atoms in total. The average molecular weight is 310 g/mol. The van der Waals surface area contributed by atoms with Crippen molar-refractivity contribution in [2.75, 3.05) is 24.5 Å². The first-order valence-electron chi connectivity index (χ1n) is 8.03. The van der Waals surface area contributed by atoms with Gasteiger partial charge < -0.3 is 10.2 Å². The van der Waals surface area contributed by atoms with Crippen LogP contribution in [0.1, 0.15) is 13.8 Å². The molecule has 1 aromatic heterocycles. The van der Waals surface area contributed by atoms with Crippen LogP contribution in [-0.4, -0.2) is 35.5 Å². The van der Waals surface area contributed by atoms with Gasteiger partial charge in [-0.25, -0.2) is 9.97 Å². The lowest BCUT2D eigenvalue weighted by Crippen LogP contribution is -2.54. The summed E-state index contributed by atoms with van der Waals surface area (Å²) in [5.74, 6) is 1.56. The van der Waals surface area contributed by atoms with Crippen molar-refractivity contribution in [1.82, 2.24) is 15.3 Å². The summed E-state index contributed by atoms with van der Waals surface area (Å²) < 4.78 is 0. The monoisotopic (exact) mass is 310 g/mol. The number of carbonyl (C=O) groups excluding carboxylic acids is 1. The van der Waals surface area contributed by atoms with E-state index in [1.807, 2.05) is 36.4 Å². The average Bonchev–Trinajstić information content (AvgIpc) is 2.53. The third kappa shape index (κ3) is 3.67. The number of nitrogens with one attached hydrogen (secondary N) is 1. The number of nitrogens with zero attached hydrogens (tertiary/aromatic N) is 3. The molecule has 0 unspecified atom stereocenters. The van der Waals surface area contributed by atoms with Gasteiger partial charge in [0, 0.05) is 31.3 Å². The van der Waals surface area contributed by atoms with Gasteiger partial charge in [-0.3, -0.25) is 4.79 Å². The van der Waals surface area contributed by atoms with Crippen LogP contribution in [0.15, 0.2) is 42.7 Å². The van der Waals surface area contributed by atoms with E-state index in [4.69, 9.17) is 0 Å². The van der Waals surface area contributed by atoms with E-state index >= 15 is 0 Å². The van der Waals surface area contributed by atoms with Gasteiger partial charge in [-0.15, -0.1) is 0 Å². The molecular weight excluding hydrogens is 288 g/mol. The maximum atomic E-state index is 12.0. The number of rotatable bonds is 5. The van der Waals surface area contributed by atoms with Crippen LogP contribution >= 0.6 is 0 Å². The van der Waals surface area contributed by atoms with Crippen molar-refractivity contribution < 1.29 is 4.79 Å². The van der Waals surface area contributed by atoms with E-state index in [1.54, 1.807) is 6.33 Å². The highest BCUT2D eigenvalue weighted by molar-refractivity contribution is 5.81. The summed E-state index contributed by atoms with van der Waals surface area (Å²) in [6, 6.07) is 12.0. The molecule has 0 saturated carbocycles. The Morgan fingerprint density at radius 2 is 2.00 bits per heavy atom. The molecular formula is C18H22N4O. The first kappa shape index (κ1) is 15.5. The first-order chi connectivity index (χ1) is 11.1. The Labute approximate surface area is 136 Å². The van der Waals surface area contributed by atoms with Crippen LogP contribution in [0.5, 0.6) is 0 Å². The fraction of sp³-hybridized carbons (Fsp3) is 0.389. The summed E-state index contributed by atoms with van der Waals surface area (Å²) in [4.78, 5) is 22.8. The predicted octanol–water partition coefficient (Wildman–Crippen LogP) is 2.35. The van der Waals surface area contributed by atoms with Crippen molar-refractivity contribution in [3.05, 3.63) is 42.7 Å². The summed E-state index contributed by atoms with van der Waals surface area (Å²) in [6.07, 6.45) is 1.59. The minimum Gasteiger partial charge on any atom is -0.355 e. The van der Waals surface area contributed by atoms with Gasteiger partial charge in [0.1, 0.15) is 12.1 Å². The van der Waals surface area contributed by atoms with Crippen molar-refractivity contribution in [3.63, 3.8) is 0 Å². The quantitative estimate of drug-likeness (QED) is 0.921. The number of hydrogen-bond donors (Lipinski definition) is 1. The standard InChI is InChI=1S/C18H22N4O/c1-13(2)9-19-18(23)15-10-22(11-15)17-8-16(20-12-21-17)14-6-4-3-5-7-14/h3-8,12-13,15H,9-11H2,1-2H3,(H,19,23). The van der Waals surface area contributed by atoms with E-state index in [9.17, 15) is 4.79 Å². The molecule has 1 amide bonds. The van der Waals surface area contributed by atoms with E-state index in [0.29, 0.717) is 5.92 Å². The summed E-state index contributed by atoms with van der Waals surface area (Å²) in [6.45, 7) is 6.37. The molecule has 5 heteroatoms. The number of hydrogen-bond acceptors (Lipinski definition) is 4. The van der Waals surface area contributed by atoms with E-state index in [2.05, 4.69) is 34.0 Å². The molecule has 1 aliphatic heterocycles. The summed E-state index contributed by atoms with van der Waals surface area (Å²) in [7, 11) is 0. The van der Waals surface area contributed by atoms with Gasteiger partial charge in [-0.2, -0.15) is 0 Å². The Morgan fingerprint density at radius 1 is 1.26 bits per heavy atom. The van der Waals surface area contributed by atoms with E-state index in [1.165, 1.54) is 0 Å².